The first-order valence-corrected chi connectivity index (χ1v) is 8.21. The van der Waals surface area contributed by atoms with Gasteiger partial charge in [-0.05, 0) is 31.4 Å². The number of rotatable bonds is 6. The third-order valence-electron chi connectivity index (χ3n) is 3.37. The van der Waals surface area contributed by atoms with Gasteiger partial charge in [-0.1, -0.05) is 32.0 Å². The summed E-state index contributed by atoms with van der Waals surface area (Å²) < 4.78 is 64.1. The average molecular weight is 323 g/mol. The zero-order valence-electron chi connectivity index (χ0n) is 12.3. The highest BCUT2D eigenvalue weighted by molar-refractivity contribution is 7.89. The Hall–Kier alpha value is -1.08. The van der Waals surface area contributed by atoms with Gasteiger partial charge >= 0.3 is 6.18 Å². The van der Waals surface area contributed by atoms with Crippen LogP contribution in [-0.2, 0) is 10.0 Å². The lowest BCUT2D eigenvalue weighted by molar-refractivity contribution is -0.139. The number of benzene rings is 1. The van der Waals surface area contributed by atoms with Crippen molar-refractivity contribution in [2.75, 3.05) is 6.54 Å². The molecule has 3 nitrogen and oxygen atoms in total. The van der Waals surface area contributed by atoms with Gasteiger partial charge in [-0.2, -0.15) is 17.5 Å². The van der Waals surface area contributed by atoms with E-state index in [9.17, 15) is 21.6 Å². The molecule has 1 aromatic rings. The standard InChI is InChI=1S/C14H20F3NO2S/c1-4-12(5-2)18(10-14(15,16)17)21(19,20)13-9-7-6-8-11(13)3/h6-9,12H,4-5,10H2,1-3H3. The van der Waals surface area contributed by atoms with Crippen molar-refractivity contribution in [3.05, 3.63) is 29.8 Å². The molecule has 0 fully saturated rings. The summed E-state index contributed by atoms with van der Waals surface area (Å²) in [5.74, 6) is 0. The smallest absolute Gasteiger partial charge is 0.207 e. The second-order valence-electron chi connectivity index (χ2n) is 4.90. The van der Waals surface area contributed by atoms with E-state index in [1.54, 1.807) is 32.9 Å². The second kappa shape index (κ2) is 6.79. The van der Waals surface area contributed by atoms with E-state index in [0.717, 1.165) is 0 Å². The monoisotopic (exact) mass is 323 g/mol. The largest absolute Gasteiger partial charge is 0.402 e. The fourth-order valence-corrected chi connectivity index (χ4v) is 4.24. The molecule has 0 bridgehead atoms. The lowest BCUT2D eigenvalue weighted by atomic mass is 10.2. The van der Waals surface area contributed by atoms with Crippen LogP contribution < -0.4 is 0 Å². The van der Waals surface area contributed by atoms with Crippen LogP contribution in [0.5, 0.6) is 0 Å². The Labute approximate surface area is 123 Å². The van der Waals surface area contributed by atoms with Gasteiger partial charge in [-0.25, -0.2) is 8.42 Å². The van der Waals surface area contributed by atoms with Crippen molar-refractivity contribution in [1.82, 2.24) is 4.31 Å². The number of aryl methyl sites for hydroxylation is 1. The molecular weight excluding hydrogens is 303 g/mol. The topological polar surface area (TPSA) is 37.4 Å². The maximum absolute atomic E-state index is 12.8. The van der Waals surface area contributed by atoms with Crippen molar-refractivity contribution in [2.24, 2.45) is 0 Å². The van der Waals surface area contributed by atoms with Gasteiger partial charge in [0.05, 0.1) is 4.90 Å². The van der Waals surface area contributed by atoms with Crippen LogP contribution >= 0.6 is 0 Å². The summed E-state index contributed by atoms with van der Waals surface area (Å²) in [5.41, 5.74) is 0.440. The lowest BCUT2D eigenvalue weighted by Gasteiger charge is -2.30. The SMILES string of the molecule is CCC(CC)N(CC(F)(F)F)S(=O)(=O)c1ccccc1C. The molecule has 0 radical (unpaired) electrons. The highest BCUT2D eigenvalue weighted by Crippen LogP contribution is 2.28. The van der Waals surface area contributed by atoms with Gasteiger partial charge in [0, 0.05) is 6.04 Å². The molecule has 0 spiro atoms. The molecule has 1 aromatic carbocycles. The number of hydrogen-bond acceptors (Lipinski definition) is 2. The summed E-state index contributed by atoms with van der Waals surface area (Å²) in [5, 5.41) is 0. The van der Waals surface area contributed by atoms with Gasteiger partial charge in [-0.15, -0.1) is 0 Å². The number of nitrogens with zero attached hydrogens (tertiary/aromatic N) is 1. The molecule has 0 aliphatic heterocycles. The molecule has 0 saturated carbocycles. The summed E-state index contributed by atoms with van der Waals surface area (Å²) >= 11 is 0. The Bertz CT molecular complexity index is 566. The number of hydrogen-bond donors (Lipinski definition) is 0. The highest BCUT2D eigenvalue weighted by atomic mass is 32.2. The summed E-state index contributed by atoms with van der Waals surface area (Å²) in [6.45, 7) is 3.48. The van der Waals surface area contributed by atoms with Gasteiger partial charge in [0.2, 0.25) is 10.0 Å². The number of halogens is 3. The fraction of sp³-hybridized carbons (Fsp3) is 0.571. The van der Waals surface area contributed by atoms with E-state index in [4.69, 9.17) is 0 Å². The van der Waals surface area contributed by atoms with Crippen molar-refractivity contribution in [1.29, 1.82) is 0 Å². The zero-order valence-corrected chi connectivity index (χ0v) is 13.1. The zero-order chi connectivity index (χ0) is 16.3. The van der Waals surface area contributed by atoms with Gasteiger partial charge in [0.1, 0.15) is 6.54 Å². The predicted octanol–water partition coefficient (Wildman–Crippen LogP) is 3.74. The maximum atomic E-state index is 12.8. The van der Waals surface area contributed by atoms with Crippen molar-refractivity contribution < 1.29 is 21.6 Å². The minimum Gasteiger partial charge on any atom is -0.207 e. The lowest BCUT2D eigenvalue weighted by Crippen LogP contribution is -2.45. The number of sulfonamides is 1. The molecule has 0 atom stereocenters. The van der Waals surface area contributed by atoms with Crippen molar-refractivity contribution in [3.63, 3.8) is 0 Å². The Morgan fingerprint density at radius 1 is 1.14 bits per heavy atom. The van der Waals surface area contributed by atoms with Crippen LogP contribution in [0.4, 0.5) is 13.2 Å². The van der Waals surface area contributed by atoms with Crippen molar-refractivity contribution in [3.8, 4) is 0 Å². The van der Waals surface area contributed by atoms with Crippen molar-refractivity contribution in [2.45, 2.75) is 50.7 Å². The highest BCUT2D eigenvalue weighted by Gasteiger charge is 2.40. The van der Waals surface area contributed by atoms with Gasteiger partial charge in [0.25, 0.3) is 0 Å². The molecule has 1 rings (SSSR count). The summed E-state index contributed by atoms with van der Waals surface area (Å²) in [7, 11) is -4.18. The molecular formula is C14H20F3NO2S. The second-order valence-corrected chi connectivity index (χ2v) is 6.76. The fourth-order valence-electron chi connectivity index (χ4n) is 2.26. The van der Waals surface area contributed by atoms with Gasteiger partial charge < -0.3 is 0 Å². The molecule has 0 aliphatic carbocycles. The molecule has 0 aromatic heterocycles. The summed E-state index contributed by atoms with van der Waals surface area (Å²) in [6.07, 6.45) is -3.91. The molecule has 0 heterocycles. The van der Waals surface area contributed by atoms with Crippen LogP contribution in [0, 0.1) is 6.92 Å². The molecule has 0 amide bonds. The molecule has 0 N–H and O–H groups in total. The first kappa shape index (κ1) is 18.0. The Morgan fingerprint density at radius 2 is 1.67 bits per heavy atom. The Morgan fingerprint density at radius 3 is 2.10 bits per heavy atom. The molecule has 0 saturated heterocycles. The van der Waals surface area contributed by atoms with Crippen LogP contribution in [0.1, 0.15) is 32.3 Å². The van der Waals surface area contributed by atoms with Crippen LogP contribution in [0.15, 0.2) is 29.2 Å². The normalized spacial score (nSPS) is 13.1. The molecule has 0 unspecified atom stereocenters. The first-order chi connectivity index (χ1) is 9.63. The third-order valence-corrected chi connectivity index (χ3v) is 5.42. The van der Waals surface area contributed by atoms with E-state index in [1.165, 1.54) is 12.1 Å². The maximum Gasteiger partial charge on any atom is 0.402 e. The van der Waals surface area contributed by atoms with Crippen LogP contribution in [0.25, 0.3) is 0 Å². The first-order valence-electron chi connectivity index (χ1n) is 6.77. The van der Waals surface area contributed by atoms with Crippen LogP contribution in [-0.4, -0.2) is 31.5 Å². The quantitative estimate of drug-likeness (QED) is 0.800. The van der Waals surface area contributed by atoms with Crippen LogP contribution in [0.2, 0.25) is 0 Å². The van der Waals surface area contributed by atoms with E-state index in [1.807, 2.05) is 0 Å². The Kier molecular flexibility index (Phi) is 5.81. The Balaban J connectivity index is 3.33. The third kappa shape index (κ3) is 4.44. The van der Waals surface area contributed by atoms with Crippen molar-refractivity contribution >= 4 is 10.0 Å². The summed E-state index contributed by atoms with van der Waals surface area (Å²) in [6, 6.07) is 5.41. The predicted molar refractivity (Wildman–Crippen MR) is 75.5 cm³/mol. The summed E-state index contributed by atoms with van der Waals surface area (Å²) in [4.78, 5) is -0.0684. The van der Waals surface area contributed by atoms with Gasteiger partial charge in [-0.3, -0.25) is 0 Å². The molecule has 0 aliphatic rings. The average Bonchev–Trinajstić information content (AvgIpc) is 2.38. The van der Waals surface area contributed by atoms with Crippen LogP contribution in [0.3, 0.4) is 0 Å². The van der Waals surface area contributed by atoms with E-state index < -0.39 is 28.8 Å². The molecule has 21 heavy (non-hydrogen) atoms. The number of alkyl halides is 3. The minimum absolute atomic E-state index is 0.0684. The minimum atomic E-state index is -4.57. The van der Waals surface area contributed by atoms with E-state index in [2.05, 4.69) is 0 Å². The van der Waals surface area contributed by atoms with E-state index >= 15 is 0 Å². The van der Waals surface area contributed by atoms with Gasteiger partial charge in [0.15, 0.2) is 0 Å². The van der Waals surface area contributed by atoms with E-state index in [0.29, 0.717) is 22.7 Å². The molecule has 120 valence electrons. The van der Waals surface area contributed by atoms with E-state index in [-0.39, 0.29) is 4.90 Å². The molecule has 7 heteroatoms.